The van der Waals surface area contributed by atoms with E-state index in [0.29, 0.717) is 0 Å². The van der Waals surface area contributed by atoms with Gasteiger partial charge in [-0.3, -0.25) is 0 Å². The molecular formula is C35H26S4. The Morgan fingerprint density at radius 1 is 0.359 bits per heavy atom. The molecule has 0 aliphatic heterocycles. The summed E-state index contributed by atoms with van der Waals surface area (Å²) in [4.78, 5) is 10.2. The summed E-state index contributed by atoms with van der Waals surface area (Å²) in [5, 5.41) is 0. The number of thioether (sulfide) groups is 4. The summed E-state index contributed by atoms with van der Waals surface area (Å²) in [6.45, 7) is 0. The molecule has 0 spiro atoms. The van der Waals surface area contributed by atoms with E-state index in [1.807, 2.05) is 47.0 Å². The van der Waals surface area contributed by atoms with Gasteiger partial charge in [-0.1, -0.05) is 120 Å². The maximum Gasteiger partial charge on any atom is 0.0169 e. The van der Waals surface area contributed by atoms with Crippen molar-refractivity contribution in [1.29, 1.82) is 0 Å². The summed E-state index contributed by atoms with van der Waals surface area (Å²) in [7, 11) is 0. The minimum atomic E-state index is 0.884. The summed E-state index contributed by atoms with van der Waals surface area (Å²) in [6, 6.07) is 42.9. The van der Waals surface area contributed by atoms with Gasteiger partial charge in [0.15, 0.2) is 0 Å². The lowest BCUT2D eigenvalue weighted by Gasteiger charge is -2.17. The molecule has 0 saturated carbocycles. The second kappa shape index (κ2) is 12.9. The van der Waals surface area contributed by atoms with E-state index in [-0.39, 0.29) is 0 Å². The molecule has 0 nitrogen and oxygen atoms in total. The molecule has 0 N–H and O–H groups in total. The predicted octanol–water partition coefficient (Wildman–Crippen LogP) is 11.4. The van der Waals surface area contributed by atoms with E-state index in [1.54, 1.807) is 0 Å². The Morgan fingerprint density at radius 3 is 1.00 bits per heavy atom. The van der Waals surface area contributed by atoms with Crippen LogP contribution in [-0.4, -0.2) is 0 Å². The Bertz CT molecular complexity index is 1460. The lowest BCUT2D eigenvalue weighted by Crippen LogP contribution is -1.94. The number of allylic oxidation sites excluding steroid dienone is 6. The van der Waals surface area contributed by atoms with E-state index >= 15 is 0 Å². The zero-order valence-electron chi connectivity index (χ0n) is 21.2. The third-order valence-electron chi connectivity index (χ3n) is 6.20. The highest BCUT2D eigenvalue weighted by atomic mass is 32.2. The first kappa shape index (κ1) is 26.2. The summed E-state index contributed by atoms with van der Waals surface area (Å²) >= 11 is 7.43. The van der Waals surface area contributed by atoms with Crippen molar-refractivity contribution in [2.45, 2.75) is 26.0 Å². The number of fused-ring (bicyclic) bond motifs is 2. The van der Waals surface area contributed by atoms with Crippen molar-refractivity contribution in [3.63, 3.8) is 0 Å². The Morgan fingerprint density at radius 2 is 0.667 bits per heavy atom. The minimum Gasteiger partial charge on any atom is -0.0898 e. The van der Waals surface area contributed by atoms with Crippen LogP contribution in [0, 0.1) is 0 Å². The van der Waals surface area contributed by atoms with Crippen LogP contribution in [-0.2, 0) is 0 Å². The lowest BCUT2D eigenvalue weighted by atomic mass is 10.1. The van der Waals surface area contributed by atoms with Crippen LogP contribution in [0.2, 0.25) is 0 Å². The second-order valence-electron chi connectivity index (χ2n) is 8.92. The van der Waals surface area contributed by atoms with Crippen molar-refractivity contribution >= 4 is 47.0 Å². The average Bonchev–Trinajstić information content (AvgIpc) is 3.27. The lowest BCUT2D eigenvalue weighted by molar-refractivity contribution is 1.20. The molecular weight excluding hydrogens is 549 g/mol. The SMILES string of the molecule is C1=CC(Sc2ccccc2)=C2CC(=C1Sc1ccccc1)C(Sc1ccccc1)=CC=C2Sc1ccccc1. The number of benzene rings is 4. The van der Waals surface area contributed by atoms with Crippen molar-refractivity contribution in [2.75, 3.05) is 0 Å². The van der Waals surface area contributed by atoms with E-state index in [2.05, 4.69) is 146 Å². The molecule has 2 aliphatic carbocycles. The van der Waals surface area contributed by atoms with Crippen LogP contribution >= 0.6 is 47.0 Å². The summed E-state index contributed by atoms with van der Waals surface area (Å²) < 4.78 is 0. The molecule has 2 aliphatic rings. The van der Waals surface area contributed by atoms with E-state index in [4.69, 9.17) is 0 Å². The van der Waals surface area contributed by atoms with Crippen molar-refractivity contribution in [1.82, 2.24) is 0 Å². The molecule has 190 valence electrons. The number of hydrogen-bond donors (Lipinski definition) is 0. The maximum absolute atomic E-state index is 2.33. The van der Waals surface area contributed by atoms with Crippen LogP contribution in [0.5, 0.6) is 0 Å². The van der Waals surface area contributed by atoms with Crippen molar-refractivity contribution < 1.29 is 0 Å². The topological polar surface area (TPSA) is 0 Å². The van der Waals surface area contributed by atoms with Crippen molar-refractivity contribution in [3.05, 3.63) is 176 Å². The number of hydrogen-bond acceptors (Lipinski definition) is 4. The van der Waals surface area contributed by atoms with Crippen molar-refractivity contribution in [2.24, 2.45) is 0 Å². The normalized spacial score (nSPS) is 15.0. The van der Waals surface area contributed by atoms with Crippen LogP contribution < -0.4 is 0 Å². The zero-order chi connectivity index (χ0) is 26.3. The molecule has 0 heterocycles. The molecule has 6 rings (SSSR count). The Kier molecular flexibility index (Phi) is 8.66. The van der Waals surface area contributed by atoms with Gasteiger partial charge in [0.1, 0.15) is 0 Å². The molecule has 4 heteroatoms. The van der Waals surface area contributed by atoms with Gasteiger partial charge in [0, 0.05) is 45.6 Å². The highest BCUT2D eigenvalue weighted by Crippen LogP contribution is 2.50. The quantitative estimate of drug-likeness (QED) is 0.205. The Labute approximate surface area is 248 Å². The molecule has 4 aromatic carbocycles. The zero-order valence-corrected chi connectivity index (χ0v) is 24.5. The van der Waals surface area contributed by atoms with Crippen LogP contribution in [0.25, 0.3) is 0 Å². The molecule has 0 unspecified atom stereocenters. The van der Waals surface area contributed by atoms with Crippen molar-refractivity contribution in [3.8, 4) is 0 Å². The molecule has 4 aromatic rings. The molecule has 2 bridgehead atoms. The Hall–Kier alpha value is -3.02. The minimum absolute atomic E-state index is 0.884. The monoisotopic (exact) mass is 574 g/mol. The fourth-order valence-electron chi connectivity index (χ4n) is 4.32. The first-order valence-electron chi connectivity index (χ1n) is 12.8. The number of rotatable bonds is 8. The highest BCUT2D eigenvalue weighted by Gasteiger charge is 2.25. The molecule has 39 heavy (non-hydrogen) atoms. The van der Waals surface area contributed by atoms with Crippen LogP contribution in [0.4, 0.5) is 0 Å². The summed E-state index contributed by atoms with van der Waals surface area (Å²) in [6.07, 6.45) is 10.2. The molecule has 0 saturated heterocycles. The fraction of sp³-hybridized carbons (Fsp3) is 0.0286. The molecule has 0 fully saturated rings. The third-order valence-corrected chi connectivity index (χ3v) is 10.6. The molecule has 0 radical (unpaired) electrons. The smallest absolute Gasteiger partial charge is 0.0169 e. The van der Waals surface area contributed by atoms with Gasteiger partial charge < -0.3 is 0 Å². The van der Waals surface area contributed by atoms with Crippen LogP contribution in [0.3, 0.4) is 0 Å². The van der Waals surface area contributed by atoms with Gasteiger partial charge in [-0.25, -0.2) is 0 Å². The fourth-order valence-corrected chi connectivity index (χ4v) is 8.40. The second-order valence-corrected chi connectivity index (χ2v) is 13.4. The van der Waals surface area contributed by atoms with Gasteiger partial charge in [0.25, 0.3) is 0 Å². The van der Waals surface area contributed by atoms with Gasteiger partial charge in [-0.15, -0.1) is 0 Å². The average molecular weight is 575 g/mol. The first-order valence-corrected chi connectivity index (χ1v) is 16.1. The van der Waals surface area contributed by atoms with E-state index in [9.17, 15) is 0 Å². The van der Waals surface area contributed by atoms with Crippen LogP contribution in [0.1, 0.15) is 6.42 Å². The van der Waals surface area contributed by atoms with E-state index in [0.717, 1.165) is 6.42 Å². The maximum atomic E-state index is 2.33. The third kappa shape index (κ3) is 6.77. The largest absolute Gasteiger partial charge is 0.0898 e. The summed E-state index contributed by atoms with van der Waals surface area (Å²) in [5.41, 5.74) is 2.76. The van der Waals surface area contributed by atoms with Gasteiger partial charge in [-0.05, 0) is 84.0 Å². The van der Waals surface area contributed by atoms with Gasteiger partial charge >= 0.3 is 0 Å². The van der Waals surface area contributed by atoms with Gasteiger partial charge in [-0.2, -0.15) is 0 Å². The highest BCUT2D eigenvalue weighted by molar-refractivity contribution is 8.05. The molecule has 0 amide bonds. The Balaban J connectivity index is 1.47. The molecule has 0 atom stereocenters. The summed E-state index contributed by atoms with van der Waals surface area (Å²) in [5.74, 6) is 0. The molecule has 0 aromatic heterocycles. The van der Waals surface area contributed by atoms with Crippen LogP contribution in [0.15, 0.2) is 196 Å². The van der Waals surface area contributed by atoms with Gasteiger partial charge in [0.05, 0.1) is 0 Å². The standard InChI is InChI=1S/C35H26S4/c1-5-13-26(14-6-1)36-32-21-22-34(38-28-17-9-3-10-18-28)31-25-30(32)33(37-27-15-7-2-8-16-27)23-24-35(31)39-29-19-11-4-12-20-29/h1-24H,25H2. The van der Waals surface area contributed by atoms with E-state index < -0.39 is 0 Å². The van der Waals surface area contributed by atoms with E-state index in [1.165, 1.54) is 50.3 Å². The predicted molar refractivity (Wildman–Crippen MR) is 173 cm³/mol. The first-order chi connectivity index (χ1) is 19.3. The van der Waals surface area contributed by atoms with Gasteiger partial charge in [0.2, 0.25) is 0 Å².